The number of sulfone groups is 1. The van der Waals surface area contributed by atoms with E-state index in [0.717, 1.165) is 0 Å². The fourth-order valence-corrected chi connectivity index (χ4v) is 3.41. The van der Waals surface area contributed by atoms with Crippen LogP contribution in [-0.4, -0.2) is 25.2 Å². The van der Waals surface area contributed by atoms with Crippen LogP contribution in [0.4, 0.5) is 0 Å². The molecule has 17 heavy (non-hydrogen) atoms. The van der Waals surface area contributed by atoms with E-state index in [0.29, 0.717) is 5.56 Å². The maximum atomic E-state index is 11.8. The predicted octanol–water partition coefficient (Wildman–Crippen LogP) is 1.19. The van der Waals surface area contributed by atoms with Crippen molar-refractivity contribution in [3.05, 3.63) is 46.9 Å². The maximum absolute atomic E-state index is 11.8. The third-order valence-electron chi connectivity index (χ3n) is 2.48. The zero-order chi connectivity index (χ0) is 12.6. The molecule has 0 aromatic heterocycles. The van der Waals surface area contributed by atoms with E-state index in [9.17, 15) is 13.2 Å². The van der Waals surface area contributed by atoms with Gasteiger partial charge in [-0.3, -0.25) is 4.79 Å². The van der Waals surface area contributed by atoms with Crippen LogP contribution in [-0.2, 0) is 14.6 Å². The van der Waals surface area contributed by atoms with Gasteiger partial charge in [-0.25, -0.2) is 13.3 Å². The van der Waals surface area contributed by atoms with Crippen LogP contribution in [0.3, 0.4) is 0 Å². The molecule has 0 radical (unpaired) electrons. The van der Waals surface area contributed by atoms with Crippen LogP contribution in [0.25, 0.3) is 10.4 Å². The van der Waals surface area contributed by atoms with E-state index in [1.165, 1.54) is 12.1 Å². The fourth-order valence-electron chi connectivity index (χ4n) is 1.77. The molecule has 0 unspecified atom stereocenters. The van der Waals surface area contributed by atoms with Crippen LogP contribution in [0.2, 0.25) is 0 Å². The van der Waals surface area contributed by atoms with Crippen LogP contribution in [0.1, 0.15) is 5.56 Å². The van der Waals surface area contributed by atoms with Gasteiger partial charge in [-0.1, -0.05) is 18.2 Å². The lowest BCUT2D eigenvalue weighted by Crippen LogP contribution is -2.03. The topological polar surface area (TPSA) is 75.8 Å². The van der Waals surface area contributed by atoms with Gasteiger partial charge in [0.2, 0.25) is 0 Å². The highest BCUT2D eigenvalue weighted by Crippen LogP contribution is 2.36. The number of fused-ring (bicyclic) bond motifs is 1. The van der Waals surface area contributed by atoms with Gasteiger partial charge < -0.3 is 5.11 Å². The van der Waals surface area contributed by atoms with Crippen molar-refractivity contribution in [3.8, 4) is 0 Å². The lowest BCUT2D eigenvalue weighted by atomic mass is 10.1. The van der Waals surface area contributed by atoms with Gasteiger partial charge in [0.25, 0.3) is 5.70 Å². The molecular weight excluding hydrogens is 242 g/mol. The molecule has 0 bridgehead atoms. The quantitative estimate of drug-likeness (QED) is 0.599. The minimum Gasteiger partial charge on any atom is -0.486 e. The molecule has 0 saturated heterocycles. The monoisotopic (exact) mass is 249 g/mol. The summed E-state index contributed by atoms with van der Waals surface area (Å²) in [7, 11) is -3.51. The summed E-state index contributed by atoms with van der Waals surface area (Å²) in [6, 6.07) is 6.12. The van der Waals surface area contributed by atoms with Crippen LogP contribution >= 0.6 is 0 Å². The van der Waals surface area contributed by atoms with Crippen LogP contribution in [0, 0.1) is 6.57 Å². The molecule has 1 heterocycles. The summed E-state index contributed by atoms with van der Waals surface area (Å²) in [5, 5.41) is 8.86. The molecule has 0 amide bonds. The molecule has 6 heteroatoms. The molecule has 0 aliphatic carbocycles. The Morgan fingerprint density at radius 1 is 1.35 bits per heavy atom. The highest BCUT2D eigenvalue weighted by molar-refractivity contribution is 7.92. The van der Waals surface area contributed by atoms with Gasteiger partial charge in [0.05, 0.1) is 17.2 Å². The first kappa shape index (κ1) is 11.4. The average Bonchev–Trinajstić information content (AvgIpc) is 2.53. The Morgan fingerprint density at radius 2 is 2.00 bits per heavy atom. The van der Waals surface area contributed by atoms with E-state index in [4.69, 9.17) is 11.7 Å². The highest BCUT2D eigenvalue weighted by Gasteiger charge is 2.33. The second-order valence-corrected chi connectivity index (χ2v) is 5.46. The molecule has 1 aliphatic heterocycles. The number of carboxylic acid groups (broad SMARTS) is 1. The molecule has 0 spiro atoms. The molecule has 0 atom stereocenters. The predicted molar refractivity (Wildman–Crippen MR) is 59.7 cm³/mol. The number of aliphatic carboxylic acids is 1. The van der Waals surface area contributed by atoms with Crippen LogP contribution < -0.4 is 0 Å². The summed E-state index contributed by atoms with van der Waals surface area (Å²) in [5.74, 6) is -1.82. The lowest BCUT2D eigenvalue weighted by molar-refractivity contribution is -0.132. The maximum Gasteiger partial charge on any atom is 0.334 e. The van der Waals surface area contributed by atoms with Crippen molar-refractivity contribution in [2.45, 2.75) is 4.90 Å². The molecular formula is C11H7NO4S. The Balaban J connectivity index is 2.81. The molecule has 1 N–H and O–H groups in total. The zero-order valence-corrected chi connectivity index (χ0v) is 9.36. The molecule has 0 saturated carbocycles. The summed E-state index contributed by atoms with van der Waals surface area (Å²) < 4.78 is 23.6. The lowest BCUT2D eigenvalue weighted by Gasteiger charge is -1.99. The van der Waals surface area contributed by atoms with Crippen molar-refractivity contribution in [1.82, 2.24) is 0 Å². The number of carboxylic acids is 1. The Labute approximate surface area is 97.7 Å². The molecule has 86 valence electrons. The van der Waals surface area contributed by atoms with Crippen molar-refractivity contribution in [2.75, 3.05) is 5.75 Å². The molecule has 5 nitrogen and oxygen atoms in total. The number of hydrogen-bond acceptors (Lipinski definition) is 3. The number of benzene rings is 1. The molecule has 0 fully saturated rings. The summed E-state index contributed by atoms with van der Waals surface area (Å²) in [4.78, 5) is 13.9. The first-order valence-electron chi connectivity index (χ1n) is 4.63. The van der Waals surface area contributed by atoms with Gasteiger partial charge in [-0.15, -0.1) is 0 Å². The number of hydrogen-bond donors (Lipinski definition) is 1. The van der Waals surface area contributed by atoms with Gasteiger partial charge in [0.1, 0.15) is 0 Å². The number of rotatable bonds is 1. The second-order valence-electron chi connectivity index (χ2n) is 3.50. The summed E-state index contributed by atoms with van der Waals surface area (Å²) in [6.45, 7) is 6.82. The van der Waals surface area contributed by atoms with Gasteiger partial charge >= 0.3 is 5.97 Å². The molecule has 2 rings (SSSR count). The smallest absolute Gasteiger partial charge is 0.334 e. The second kappa shape index (κ2) is 3.71. The van der Waals surface area contributed by atoms with Crippen molar-refractivity contribution in [3.63, 3.8) is 0 Å². The van der Waals surface area contributed by atoms with E-state index < -0.39 is 27.3 Å². The van der Waals surface area contributed by atoms with Gasteiger partial charge in [-0.05, 0) is 17.2 Å². The molecule has 1 aromatic carbocycles. The normalized spacial score (nSPS) is 19.2. The van der Waals surface area contributed by atoms with E-state index in [1.54, 1.807) is 12.1 Å². The van der Waals surface area contributed by atoms with E-state index in [-0.39, 0.29) is 10.5 Å². The molecule has 1 aliphatic rings. The van der Waals surface area contributed by atoms with Gasteiger partial charge in [0, 0.05) is 0 Å². The van der Waals surface area contributed by atoms with Crippen molar-refractivity contribution in [1.29, 1.82) is 0 Å². The Kier molecular flexibility index (Phi) is 2.48. The standard InChI is InChI=1S/C11H7NO4S/c1-12-10(11(13)14)8-6-17(15,16)9-5-3-2-4-7(8)9/h2-5H,6H2,(H,13,14)/b10-8+. The van der Waals surface area contributed by atoms with Crippen LogP contribution in [0.15, 0.2) is 34.9 Å². The zero-order valence-electron chi connectivity index (χ0n) is 8.54. The third kappa shape index (κ3) is 1.70. The summed E-state index contributed by atoms with van der Waals surface area (Å²) in [6.07, 6.45) is 0. The van der Waals surface area contributed by atoms with E-state index in [1.807, 2.05) is 0 Å². The first-order chi connectivity index (χ1) is 7.97. The number of nitrogens with zero attached hydrogens (tertiary/aromatic N) is 1. The van der Waals surface area contributed by atoms with Crippen molar-refractivity contribution in [2.24, 2.45) is 0 Å². The highest BCUT2D eigenvalue weighted by atomic mass is 32.2. The Bertz CT molecular complexity index is 680. The first-order valence-corrected chi connectivity index (χ1v) is 6.28. The number of carbonyl (C=O) groups is 1. The van der Waals surface area contributed by atoms with Crippen LogP contribution in [0.5, 0.6) is 0 Å². The Hall–Kier alpha value is -2.13. The Morgan fingerprint density at radius 3 is 2.59 bits per heavy atom. The molecule has 1 aromatic rings. The summed E-state index contributed by atoms with van der Waals surface area (Å²) >= 11 is 0. The minimum absolute atomic E-state index is 0.0723. The third-order valence-corrected chi connectivity index (χ3v) is 4.18. The van der Waals surface area contributed by atoms with Gasteiger partial charge in [0.15, 0.2) is 9.84 Å². The fraction of sp³-hybridized carbons (Fsp3) is 0.0909. The SMILES string of the molecule is [C-]#[N+]/C(C(=O)O)=C1\CS(=O)(=O)c2ccccc21. The van der Waals surface area contributed by atoms with Crippen molar-refractivity contribution < 1.29 is 18.3 Å². The van der Waals surface area contributed by atoms with E-state index >= 15 is 0 Å². The van der Waals surface area contributed by atoms with E-state index in [2.05, 4.69) is 4.85 Å². The minimum atomic E-state index is -3.51. The average molecular weight is 249 g/mol. The van der Waals surface area contributed by atoms with Crippen molar-refractivity contribution >= 4 is 21.4 Å². The summed E-state index contributed by atoms with van der Waals surface area (Å²) in [5.41, 5.74) is -0.137. The van der Waals surface area contributed by atoms with Gasteiger partial charge in [-0.2, -0.15) is 0 Å². The largest absolute Gasteiger partial charge is 0.486 e.